The van der Waals surface area contributed by atoms with E-state index in [0.717, 1.165) is 6.42 Å². The van der Waals surface area contributed by atoms with E-state index in [4.69, 9.17) is 10.2 Å². The Morgan fingerprint density at radius 2 is 1.83 bits per heavy atom. The molecule has 0 radical (unpaired) electrons. The zero-order chi connectivity index (χ0) is 9.23. The number of aliphatic hydroxyl groups is 2. The molecule has 0 saturated heterocycles. The average Bonchev–Trinajstić information content (AvgIpc) is 2.11. The zero-order valence-electron chi connectivity index (χ0n) is 7.87. The SMILES string of the molecule is CCCCCC=CC(CO)CO. The first-order chi connectivity index (χ1) is 5.85. The van der Waals surface area contributed by atoms with E-state index >= 15 is 0 Å². The second-order valence-electron chi connectivity index (χ2n) is 3.05. The molecule has 0 heterocycles. The number of hydrogen-bond donors (Lipinski definition) is 2. The summed E-state index contributed by atoms with van der Waals surface area (Å²) in [6.45, 7) is 2.26. The van der Waals surface area contributed by atoms with Gasteiger partial charge in [-0.2, -0.15) is 0 Å². The van der Waals surface area contributed by atoms with Gasteiger partial charge in [-0.15, -0.1) is 0 Å². The molecule has 2 nitrogen and oxygen atoms in total. The lowest BCUT2D eigenvalue weighted by Crippen LogP contribution is -2.06. The predicted molar refractivity (Wildman–Crippen MR) is 50.9 cm³/mol. The standard InChI is InChI=1S/C10H20O2/c1-2-3-4-5-6-7-10(8-11)9-12/h6-7,10-12H,2-5,8-9H2,1H3. The third kappa shape index (κ3) is 6.38. The minimum absolute atomic E-state index is 0.0424. The normalized spacial score (nSPS) is 11.7. The maximum atomic E-state index is 8.72. The van der Waals surface area contributed by atoms with Gasteiger partial charge < -0.3 is 10.2 Å². The Hall–Kier alpha value is -0.340. The van der Waals surface area contributed by atoms with Crippen LogP contribution >= 0.6 is 0 Å². The summed E-state index contributed by atoms with van der Waals surface area (Å²) in [6, 6.07) is 0. The van der Waals surface area contributed by atoms with Gasteiger partial charge in [0, 0.05) is 5.92 Å². The molecule has 12 heavy (non-hydrogen) atoms. The summed E-state index contributed by atoms with van der Waals surface area (Å²) in [4.78, 5) is 0. The highest BCUT2D eigenvalue weighted by Crippen LogP contribution is 2.02. The minimum atomic E-state index is -0.0633. The second-order valence-corrected chi connectivity index (χ2v) is 3.05. The lowest BCUT2D eigenvalue weighted by atomic mass is 10.1. The molecule has 0 aromatic carbocycles. The summed E-state index contributed by atoms with van der Waals surface area (Å²) in [5, 5.41) is 17.4. The van der Waals surface area contributed by atoms with E-state index in [0.29, 0.717) is 0 Å². The molecule has 0 aromatic heterocycles. The third-order valence-electron chi connectivity index (χ3n) is 1.85. The number of unbranched alkanes of at least 4 members (excludes halogenated alkanes) is 3. The molecule has 0 spiro atoms. The Labute approximate surface area is 74.9 Å². The van der Waals surface area contributed by atoms with E-state index in [1.807, 2.05) is 12.2 Å². The highest BCUT2D eigenvalue weighted by atomic mass is 16.3. The van der Waals surface area contributed by atoms with Gasteiger partial charge in [-0.05, 0) is 12.8 Å². The number of hydrogen-bond acceptors (Lipinski definition) is 2. The van der Waals surface area contributed by atoms with Crippen molar-refractivity contribution >= 4 is 0 Å². The smallest absolute Gasteiger partial charge is 0.0515 e. The Bertz CT molecular complexity index is 106. The molecular formula is C10H20O2. The van der Waals surface area contributed by atoms with Gasteiger partial charge in [0.15, 0.2) is 0 Å². The molecule has 0 atom stereocenters. The molecule has 0 aliphatic heterocycles. The van der Waals surface area contributed by atoms with E-state index in [9.17, 15) is 0 Å². The lowest BCUT2D eigenvalue weighted by Gasteiger charge is -2.02. The van der Waals surface area contributed by atoms with Crippen LogP contribution in [0.3, 0.4) is 0 Å². The van der Waals surface area contributed by atoms with Gasteiger partial charge >= 0.3 is 0 Å². The maximum Gasteiger partial charge on any atom is 0.0515 e. The summed E-state index contributed by atoms with van der Waals surface area (Å²) in [7, 11) is 0. The summed E-state index contributed by atoms with van der Waals surface area (Å²) < 4.78 is 0. The van der Waals surface area contributed by atoms with Crippen LogP contribution in [-0.2, 0) is 0 Å². The molecule has 0 unspecified atom stereocenters. The van der Waals surface area contributed by atoms with Gasteiger partial charge in [-0.25, -0.2) is 0 Å². The van der Waals surface area contributed by atoms with Crippen LogP contribution in [0.1, 0.15) is 32.6 Å². The van der Waals surface area contributed by atoms with Crippen molar-refractivity contribution in [1.82, 2.24) is 0 Å². The van der Waals surface area contributed by atoms with Gasteiger partial charge in [0.1, 0.15) is 0 Å². The van der Waals surface area contributed by atoms with E-state index in [1.54, 1.807) is 0 Å². The van der Waals surface area contributed by atoms with Crippen molar-refractivity contribution in [1.29, 1.82) is 0 Å². The van der Waals surface area contributed by atoms with Crippen LogP contribution < -0.4 is 0 Å². The Balaban J connectivity index is 3.32. The molecule has 0 bridgehead atoms. The molecule has 72 valence electrons. The van der Waals surface area contributed by atoms with Gasteiger partial charge in [-0.3, -0.25) is 0 Å². The molecule has 0 aliphatic carbocycles. The topological polar surface area (TPSA) is 40.5 Å². The van der Waals surface area contributed by atoms with Crippen LogP contribution in [0.2, 0.25) is 0 Å². The van der Waals surface area contributed by atoms with E-state index in [2.05, 4.69) is 6.92 Å². The Morgan fingerprint density at radius 1 is 1.17 bits per heavy atom. The summed E-state index contributed by atoms with van der Waals surface area (Å²) in [6.07, 6.45) is 8.70. The molecule has 0 aromatic rings. The fraction of sp³-hybridized carbons (Fsp3) is 0.800. The minimum Gasteiger partial charge on any atom is -0.396 e. The zero-order valence-corrected chi connectivity index (χ0v) is 7.87. The lowest BCUT2D eigenvalue weighted by molar-refractivity contribution is 0.177. The molecular weight excluding hydrogens is 152 g/mol. The number of allylic oxidation sites excluding steroid dienone is 1. The molecule has 2 heteroatoms. The summed E-state index contributed by atoms with van der Waals surface area (Å²) in [5.41, 5.74) is 0. The van der Waals surface area contributed by atoms with E-state index in [-0.39, 0.29) is 19.1 Å². The molecule has 2 N–H and O–H groups in total. The van der Waals surface area contributed by atoms with Crippen LogP contribution in [0.15, 0.2) is 12.2 Å². The van der Waals surface area contributed by atoms with Crippen molar-refractivity contribution in [2.24, 2.45) is 5.92 Å². The highest BCUT2D eigenvalue weighted by Gasteiger charge is 1.97. The van der Waals surface area contributed by atoms with Gasteiger partial charge in [0.2, 0.25) is 0 Å². The molecule has 0 fully saturated rings. The monoisotopic (exact) mass is 172 g/mol. The summed E-state index contributed by atoms with van der Waals surface area (Å²) in [5.74, 6) is -0.0633. The van der Waals surface area contributed by atoms with Gasteiger partial charge in [0.25, 0.3) is 0 Å². The van der Waals surface area contributed by atoms with Crippen LogP contribution in [0.25, 0.3) is 0 Å². The van der Waals surface area contributed by atoms with Crippen molar-refractivity contribution in [2.75, 3.05) is 13.2 Å². The van der Waals surface area contributed by atoms with Crippen LogP contribution in [0.5, 0.6) is 0 Å². The van der Waals surface area contributed by atoms with Crippen molar-refractivity contribution < 1.29 is 10.2 Å². The largest absolute Gasteiger partial charge is 0.396 e. The number of rotatable bonds is 7. The van der Waals surface area contributed by atoms with Crippen molar-refractivity contribution in [3.63, 3.8) is 0 Å². The molecule has 0 rings (SSSR count). The fourth-order valence-electron chi connectivity index (χ4n) is 0.980. The average molecular weight is 172 g/mol. The first-order valence-corrected chi connectivity index (χ1v) is 4.73. The van der Waals surface area contributed by atoms with Crippen LogP contribution in [0, 0.1) is 5.92 Å². The van der Waals surface area contributed by atoms with E-state index in [1.165, 1.54) is 19.3 Å². The van der Waals surface area contributed by atoms with Crippen molar-refractivity contribution in [3.8, 4) is 0 Å². The quantitative estimate of drug-likeness (QED) is 0.453. The highest BCUT2D eigenvalue weighted by molar-refractivity contribution is 4.87. The first kappa shape index (κ1) is 11.7. The fourth-order valence-corrected chi connectivity index (χ4v) is 0.980. The third-order valence-corrected chi connectivity index (χ3v) is 1.85. The van der Waals surface area contributed by atoms with Crippen molar-refractivity contribution in [3.05, 3.63) is 12.2 Å². The Kier molecular flexibility index (Phi) is 8.51. The van der Waals surface area contributed by atoms with Crippen LogP contribution in [0.4, 0.5) is 0 Å². The molecule has 0 saturated carbocycles. The van der Waals surface area contributed by atoms with Crippen LogP contribution in [-0.4, -0.2) is 23.4 Å². The second kappa shape index (κ2) is 8.75. The predicted octanol–water partition coefficient (Wildman–Crippen LogP) is 1.72. The van der Waals surface area contributed by atoms with Gasteiger partial charge in [0.05, 0.1) is 13.2 Å². The molecule has 0 amide bonds. The van der Waals surface area contributed by atoms with Gasteiger partial charge in [-0.1, -0.05) is 31.9 Å². The van der Waals surface area contributed by atoms with Crippen molar-refractivity contribution in [2.45, 2.75) is 32.6 Å². The molecule has 0 aliphatic rings. The number of aliphatic hydroxyl groups excluding tert-OH is 2. The Morgan fingerprint density at radius 3 is 2.33 bits per heavy atom. The first-order valence-electron chi connectivity index (χ1n) is 4.73. The maximum absolute atomic E-state index is 8.72. The summed E-state index contributed by atoms with van der Waals surface area (Å²) >= 11 is 0. The van der Waals surface area contributed by atoms with E-state index < -0.39 is 0 Å².